The van der Waals surface area contributed by atoms with Crippen LogP contribution in [0, 0.1) is 11.6 Å². The average molecular weight is 599 g/mol. The number of methoxy groups -OCH3 is 4. The number of rotatable bonds is 9. The Labute approximate surface area is 254 Å². The van der Waals surface area contributed by atoms with Crippen molar-refractivity contribution in [3.63, 3.8) is 0 Å². The number of aromatic hydroxyl groups is 2. The van der Waals surface area contributed by atoms with E-state index in [-0.39, 0.29) is 11.5 Å². The Balaban J connectivity index is 1.42. The van der Waals surface area contributed by atoms with Crippen LogP contribution in [0.25, 0.3) is 12.2 Å². The molecule has 44 heavy (non-hydrogen) atoms. The highest BCUT2D eigenvalue weighted by Gasteiger charge is 2.34. The van der Waals surface area contributed by atoms with Gasteiger partial charge in [-0.25, -0.2) is 8.78 Å². The van der Waals surface area contributed by atoms with Gasteiger partial charge in [0.25, 0.3) is 0 Å². The van der Waals surface area contributed by atoms with Crippen molar-refractivity contribution in [2.45, 2.75) is 24.7 Å². The van der Waals surface area contributed by atoms with E-state index in [4.69, 9.17) is 18.9 Å². The van der Waals surface area contributed by atoms with Gasteiger partial charge in [-0.1, -0.05) is 23.3 Å². The van der Waals surface area contributed by atoms with Gasteiger partial charge in [0.15, 0.2) is 23.0 Å². The fraction of sp³-hybridized carbons (Fsp3) is 0.222. The Hall–Kier alpha value is -4.98. The largest absolute Gasteiger partial charge is 0.508 e. The van der Waals surface area contributed by atoms with Crippen LogP contribution in [0.5, 0.6) is 34.5 Å². The lowest BCUT2D eigenvalue weighted by Gasteiger charge is -2.22. The van der Waals surface area contributed by atoms with Crippen LogP contribution in [-0.4, -0.2) is 38.7 Å². The minimum absolute atomic E-state index is 0.0147. The van der Waals surface area contributed by atoms with E-state index in [1.54, 1.807) is 28.4 Å². The van der Waals surface area contributed by atoms with Crippen LogP contribution in [0.15, 0.2) is 71.8 Å². The van der Waals surface area contributed by atoms with Crippen LogP contribution in [0.4, 0.5) is 8.78 Å². The van der Waals surface area contributed by atoms with Crippen LogP contribution in [0.3, 0.4) is 0 Å². The highest BCUT2D eigenvalue weighted by Crippen LogP contribution is 2.52. The van der Waals surface area contributed by atoms with Crippen molar-refractivity contribution in [2.75, 3.05) is 28.4 Å². The first kappa shape index (κ1) is 29.1. The van der Waals surface area contributed by atoms with Crippen molar-refractivity contribution < 1.29 is 37.9 Å². The number of halogens is 2. The van der Waals surface area contributed by atoms with Crippen LogP contribution in [-0.2, 0) is 0 Å². The monoisotopic (exact) mass is 598 g/mol. The molecule has 6 nitrogen and oxygen atoms in total. The van der Waals surface area contributed by atoms with Gasteiger partial charge in [-0.15, -0.1) is 0 Å². The van der Waals surface area contributed by atoms with Crippen molar-refractivity contribution in [2.24, 2.45) is 0 Å². The van der Waals surface area contributed by atoms with Crippen molar-refractivity contribution in [1.29, 1.82) is 0 Å². The summed E-state index contributed by atoms with van der Waals surface area (Å²) < 4.78 is 51.2. The molecular formula is C36H32F2O6. The molecule has 0 aliphatic heterocycles. The molecule has 0 aromatic heterocycles. The summed E-state index contributed by atoms with van der Waals surface area (Å²) in [5, 5.41) is 21.7. The van der Waals surface area contributed by atoms with E-state index in [1.165, 1.54) is 36.4 Å². The van der Waals surface area contributed by atoms with Gasteiger partial charge in [-0.2, -0.15) is 0 Å². The average Bonchev–Trinajstić information content (AvgIpc) is 3.57. The van der Waals surface area contributed by atoms with Crippen molar-refractivity contribution >= 4 is 12.2 Å². The molecule has 0 amide bonds. The lowest BCUT2D eigenvalue weighted by molar-refractivity contribution is 0.354. The highest BCUT2D eigenvalue weighted by atomic mass is 19.1. The Morgan fingerprint density at radius 1 is 0.523 bits per heavy atom. The minimum atomic E-state index is -0.454. The number of phenolic OH excluding ortho intramolecular Hbond substituents is 2. The van der Waals surface area contributed by atoms with Gasteiger partial charge >= 0.3 is 0 Å². The number of hydrogen-bond donors (Lipinski definition) is 2. The third kappa shape index (κ3) is 5.00. The summed E-state index contributed by atoms with van der Waals surface area (Å²) in [6.45, 7) is 0. The molecular weight excluding hydrogens is 566 g/mol. The number of benzene rings is 4. The minimum Gasteiger partial charge on any atom is -0.508 e. The molecule has 0 radical (unpaired) electrons. The summed E-state index contributed by atoms with van der Waals surface area (Å²) in [5.41, 5.74) is 6.26. The van der Waals surface area contributed by atoms with E-state index in [0.717, 1.165) is 33.4 Å². The number of fused-ring (bicyclic) bond motifs is 2. The Morgan fingerprint density at radius 3 is 1.25 bits per heavy atom. The molecule has 0 saturated heterocycles. The molecule has 2 atom stereocenters. The third-order valence-electron chi connectivity index (χ3n) is 8.53. The first-order valence-corrected chi connectivity index (χ1v) is 14.2. The summed E-state index contributed by atoms with van der Waals surface area (Å²) in [5.74, 6) is 0.360. The van der Waals surface area contributed by atoms with Gasteiger partial charge in [-0.05, 0) is 95.8 Å². The molecule has 8 heteroatoms. The third-order valence-corrected chi connectivity index (χ3v) is 8.53. The van der Waals surface area contributed by atoms with Gasteiger partial charge in [0.1, 0.15) is 23.1 Å². The molecule has 0 fully saturated rings. The van der Waals surface area contributed by atoms with Crippen LogP contribution < -0.4 is 18.9 Å². The zero-order chi connectivity index (χ0) is 31.1. The van der Waals surface area contributed by atoms with Crippen molar-refractivity contribution in [1.82, 2.24) is 0 Å². The molecule has 4 aromatic rings. The topological polar surface area (TPSA) is 77.4 Å². The number of allylic oxidation sites excluding steroid dienone is 2. The summed E-state index contributed by atoms with van der Waals surface area (Å²) in [6, 6.07) is 15.4. The summed E-state index contributed by atoms with van der Waals surface area (Å²) in [6.07, 6.45) is 5.13. The fourth-order valence-corrected chi connectivity index (χ4v) is 6.51. The van der Waals surface area contributed by atoms with Gasteiger partial charge in [-0.3, -0.25) is 0 Å². The summed E-state index contributed by atoms with van der Waals surface area (Å²) >= 11 is 0. The van der Waals surface area contributed by atoms with E-state index in [0.29, 0.717) is 47.0 Å². The molecule has 4 aromatic carbocycles. The zero-order valence-electron chi connectivity index (χ0n) is 24.8. The molecule has 2 aliphatic rings. The Bertz CT molecular complexity index is 1690. The first-order chi connectivity index (χ1) is 21.3. The Morgan fingerprint density at radius 2 is 0.886 bits per heavy atom. The number of hydrogen-bond acceptors (Lipinski definition) is 6. The molecule has 2 N–H and O–H groups in total. The SMILES string of the molecule is COc1cc2c(cc1OC)C(c1cc(F)ccc1O)C(CCC1=Cc3cc(OC)c(OC)cc3C1c1cc(F)ccc1O)=C2. The predicted octanol–water partition coefficient (Wildman–Crippen LogP) is 7.95. The highest BCUT2D eigenvalue weighted by molar-refractivity contribution is 5.75. The zero-order valence-corrected chi connectivity index (χ0v) is 24.8. The molecule has 226 valence electrons. The van der Waals surface area contributed by atoms with Crippen LogP contribution in [0.1, 0.15) is 58.1 Å². The van der Waals surface area contributed by atoms with Crippen molar-refractivity contribution in [3.05, 3.63) is 117 Å². The second-order valence-electron chi connectivity index (χ2n) is 10.9. The van der Waals surface area contributed by atoms with E-state index in [2.05, 4.69) is 0 Å². The number of phenols is 2. The Kier molecular flexibility index (Phi) is 7.67. The lowest BCUT2D eigenvalue weighted by atomic mass is 9.82. The van der Waals surface area contributed by atoms with Gasteiger partial charge < -0.3 is 29.2 Å². The summed E-state index contributed by atoms with van der Waals surface area (Å²) in [7, 11) is 6.24. The predicted molar refractivity (Wildman–Crippen MR) is 164 cm³/mol. The second-order valence-corrected chi connectivity index (χ2v) is 10.9. The van der Waals surface area contributed by atoms with E-state index < -0.39 is 23.5 Å². The maximum atomic E-state index is 14.5. The second kappa shape index (κ2) is 11.6. The molecule has 6 rings (SSSR count). The standard InChI is InChI=1S/C36H32F2O6/c1-41-31-13-21-11-19(35(25(21)17-33(31)43-3)27-15-23(37)7-9-29(27)39)5-6-20-12-22-14-32(42-2)34(44-4)18-26(22)36(20)28-16-24(38)8-10-30(28)40/h7-18,35-36,39-40H,5-6H2,1-4H3. The first-order valence-electron chi connectivity index (χ1n) is 14.2. The van der Waals surface area contributed by atoms with E-state index in [9.17, 15) is 19.0 Å². The van der Waals surface area contributed by atoms with E-state index in [1.807, 2.05) is 36.4 Å². The fourth-order valence-electron chi connectivity index (χ4n) is 6.51. The quantitative estimate of drug-likeness (QED) is 0.204. The van der Waals surface area contributed by atoms with E-state index >= 15 is 0 Å². The molecule has 0 heterocycles. The maximum Gasteiger partial charge on any atom is 0.161 e. The lowest BCUT2D eigenvalue weighted by Crippen LogP contribution is -2.06. The maximum absolute atomic E-state index is 14.5. The molecule has 2 unspecified atom stereocenters. The van der Waals surface area contributed by atoms with Gasteiger partial charge in [0, 0.05) is 23.0 Å². The molecule has 0 spiro atoms. The van der Waals surface area contributed by atoms with Gasteiger partial charge in [0.05, 0.1) is 28.4 Å². The van der Waals surface area contributed by atoms with Crippen molar-refractivity contribution in [3.8, 4) is 34.5 Å². The van der Waals surface area contributed by atoms with Crippen LogP contribution in [0.2, 0.25) is 0 Å². The molecule has 0 bridgehead atoms. The normalized spacial score (nSPS) is 16.6. The number of ether oxygens (including phenoxy) is 4. The smallest absolute Gasteiger partial charge is 0.161 e. The van der Waals surface area contributed by atoms with Crippen LogP contribution >= 0.6 is 0 Å². The van der Waals surface area contributed by atoms with Gasteiger partial charge in [0.2, 0.25) is 0 Å². The molecule has 2 aliphatic carbocycles. The summed E-state index contributed by atoms with van der Waals surface area (Å²) in [4.78, 5) is 0. The molecule has 0 saturated carbocycles.